The number of nitrogens with zero attached hydrogens (tertiary/aromatic N) is 1. The minimum absolute atomic E-state index is 0.0428. The molecule has 2 heterocycles. The van der Waals surface area contributed by atoms with E-state index in [9.17, 15) is 4.79 Å². The van der Waals surface area contributed by atoms with Crippen LogP contribution in [0.25, 0.3) is 0 Å². The number of benzene rings is 2. The van der Waals surface area contributed by atoms with E-state index >= 15 is 0 Å². The van der Waals surface area contributed by atoms with Crippen LogP contribution in [0.5, 0.6) is 0 Å². The largest absolute Gasteiger partial charge is 0.296 e. The number of hydrazine groups is 1. The molecule has 0 saturated carbocycles. The van der Waals surface area contributed by atoms with Gasteiger partial charge in [-0.05, 0) is 23.3 Å². The van der Waals surface area contributed by atoms with Crippen molar-refractivity contribution in [3.8, 4) is 0 Å². The smallest absolute Gasteiger partial charge is 0.274 e. The summed E-state index contributed by atoms with van der Waals surface area (Å²) in [6, 6.07) is 16.1. The maximum Gasteiger partial charge on any atom is 0.274 e. The number of hydrogen-bond acceptors (Lipinski definition) is 3. The highest BCUT2D eigenvalue weighted by molar-refractivity contribution is 6.19. The zero-order chi connectivity index (χ0) is 13.5. The van der Waals surface area contributed by atoms with Crippen LogP contribution in [-0.2, 0) is 13.0 Å². The molecule has 0 radical (unpaired) electrons. The fourth-order valence-corrected chi connectivity index (χ4v) is 2.86. The molecule has 0 fully saturated rings. The Morgan fingerprint density at radius 3 is 2.70 bits per heavy atom. The highest BCUT2D eigenvalue weighted by atomic mass is 16.2. The Bertz CT molecular complexity index is 683. The van der Waals surface area contributed by atoms with Gasteiger partial charge >= 0.3 is 0 Å². The van der Waals surface area contributed by atoms with Crippen molar-refractivity contribution in [2.45, 2.75) is 19.1 Å². The van der Waals surface area contributed by atoms with Crippen LogP contribution in [0.3, 0.4) is 0 Å². The van der Waals surface area contributed by atoms with E-state index in [0.29, 0.717) is 0 Å². The number of carbonyl (C=O) groups excluding carboxylic acids is 1. The predicted octanol–water partition coefficient (Wildman–Crippen LogP) is 1.82. The van der Waals surface area contributed by atoms with Crippen LogP contribution in [0.15, 0.2) is 48.5 Å². The van der Waals surface area contributed by atoms with Gasteiger partial charge in [-0.15, -0.1) is 0 Å². The average Bonchev–Trinajstić information content (AvgIpc) is 2.52. The summed E-state index contributed by atoms with van der Waals surface area (Å²) in [5, 5.41) is 5.06. The Morgan fingerprint density at radius 1 is 1.05 bits per heavy atom. The first-order valence-electron chi connectivity index (χ1n) is 6.83. The number of anilines is 1. The third-order valence-electron chi connectivity index (χ3n) is 3.94. The summed E-state index contributed by atoms with van der Waals surface area (Å²) in [7, 11) is 0. The van der Waals surface area contributed by atoms with Crippen LogP contribution < -0.4 is 15.8 Å². The molecule has 1 unspecified atom stereocenters. The molecule has 100 valence electrons. The van der Waals surface area contributed by atoms with Gasteiger partial charge in [0.25, 0.3) is 5.91 Å². The maximum atomic E-state index is 12.0. The standard InChI is InChI=1S/C16H15N3O/c20-16-13-7-3-4-8-14(13)19(16)18-15-9-11-5-1-2-6-12(11)10-17-15/h1-8,15,17-18H,9-10H2. The van der Waals surface area contributed by atoms with Crippen molar-refractivity contribution in [1.29, 1.82) is 0 Å². The second kappa shape index (κ2) is 4.44. The Kier molecular flexibility index (Phi) is 2.58. The molecule has 2 N–H and O–H groups in total. The van der Waals surface area contributed by atoms with E-state index in [1.165, 1.54) is 11.1 Å². The van der Waals surface area contributed by atoms with Gasteiger partial charge in [0, 0.05) is 13.0 Å². The molecule has 4 rings (SSSR count). The van der Waals surface area contributed by atoms with Gasteiger partial charge in [-0.25, -0.2) is 10.4 Å². The van der Waals surface area contributed by atoms with Crippen molar-refractivity contribution in [3.63, 3.8) is 0 Å². The van der Waals surface area contributed by atoms with Gasteiger partial charge in [0.1, 0.15) is 0 Å². The van der Waals surface area contributed by atoms with Gasteiger partial charge in [-0.1, -0.05) is 36.4 Å². The van der Waals surface area contributed by atoms with Crippen LogP contribution in [0.4, 0.5) is 5.69 Å². The van der Waals surface area contributed by atoms with E-state index in [4.69, 9.17) is 0 Å². The van der Waals surface area contributed by atoms with Gasteiger partial charge in [0.15, 0.2) is 0 Å². The lowest BCUT2D eigenvalue weighted by molar-refractivity contribution is 0.0941. The maximum absolute atomic E-state index is 12.0. The SMILES string of the molecule is O=C1c2ccccc2N1NC1Cc2ccccc2CN1. The molecule has 4 nitrogen and oxygen atoms in total. The molecular weight excluding hydrogens is 250 g/mol. The minimum Gasteiger partial charge on any atom is -0.296 e. The predicted molar refractivity (Wildman–Crippen MR) is 77.2 cm³/mol. The number of amides is 1. The summed E-state index contributed by atoms with van der Waals surface area (Å²) in [6.45, 7) is 0.831. The first kappa shape index (κ1) is 11.6. The number of carbonyl (C=O) groups is 1. The fourth-order valence-electron chi connectivity index (χ4n) is 2.86. The van der Waals surface area contributed by atoms with E-state index < -0.39 is 0 Å². The van der Waals surface area contributed by atoms with Crippen molar-refractivity contribution in [2.24, 2.45) is 0 Å². The third kappa shape index (κ3) is 1.73. The lowest BCUT2D eigenvalue weighted by atomic mass is 9.99. The van der Waals surface area contributed by atoms with Crippen LogP contribution in [0.2, 0.25) is 0 Å². The van der Waals surface area contributed by atoms with Gasteiger partial charge in [0.05, 0.1) is 17.4 Å². The van der Waals surface area contributed by atoms with Crippen LogP contribution >= 0.6 is 0 Å². The topological polar surface area (TPSA) is 44.4 Å². The van der Waals surface area contributed by atoms with Crippen molar-refractivity contribution in [3.05, 3.63) is 65.2 Å². The molecule has 2 aliphatic heterocycles. The van der Waals surface area contributed by atoms with Crippen molar-refractivity contribution < 1.29 is 4.79 Å². The summed E-state index contributed by atoms with van der Waals surface area (Å²) in [5.41, 5.74) is 7.69. The molecule has 0 bridgehead atoms. The summed E-state index contributed by atoms with van der Waals surface area (Å²) in [4.78, 5) is 12.0. The Balaban J connectivity index is 1.51. The van der Waals surface area contributed by atoms with E-state index in [1.54, 1.807) is 5.01 Å². The highest BCUT2D eigenvalue weighted by Gasteiger charge is 2.34. The van der Waals surface area contributed by atoms with E-state index in [0.717, 1.165) is 24.2 Å². The Hall–Kier alpha value is -2.17. The van der Waals surface area contributed by atoms with Crippen molar-refractivity contribution >= 4 is 11.6 Å². The lowest BCUT2D eigenvalue weighted by Gasteiger charge is -2.38. The highest BCUT2D eigenvalue weighted by Crippen LogP contribution is 2.30. The monoisotopic (exact) mass is 265 g/mol. The number of hydrogen-bond donors (Lipinski definition) is 2. The Labute approximate surface area is 117 Å². The van der Waals surface area contributed by atoms with E-state index in [1.807, 2.05) is 24.3 Å². The Morgan fingerprint density at radius 2 is 1.80 bits per heavy atom. The average molecular weight is 265 g/mol. The number of para-hydroxylation sites is 1. The molecule has 2 aromatic carbocycles. The molecule has 1 amide bonds. The van der Waals surface area contributed by atoms with Gasteiger partial charge in [-0.2, -0.15) is 0 Å². The molecule has 2 aromatic rings. The van der Waals surface area contributed by atoms with Gasteiger partial charge in [-0.3, -0.25) is 10.1 Å². The zero-order valence-electron chi connectivity index (χ0n) is 11.0. The molecule has 4 heteroatoms. The first-order valence-corrected chi connectivity index (χ1v) is 6.83. The second-order valence-corrected chi connectivity index (χ2v) is 5.19. The third-order valence-corrected chi connectivity index (χ3v) is 3.94. The molecule has 0 spiro atoms. The van der Waals surface area contributed by atoms with Gasteiger partial charge < -0.3 is 0 Å². The number of fused-ring (bicyclic) bond motifs is 2. The molecule has 0 saturated heterocycles. The van der Waals surface area contributed by atoms with E-state index in [-0.39, 0.29) is 12.1 Å². The molecule has 0 aliphatic carbocycles. The summed E-state index contributed by atoms with van der Waals surface area (Å²) in [6.07, 6.45) is 0.962. The van der Waals surface area contributed by atoms with Crippen molar-refractivity contribution in [1.82, 2.24) is 10.7 Å². The van der Waals surface area contributed by atoms with Crippen molar-refractivity contribution in [2.75, 3.05) is 5.01 Å². The van der Waals surface area contributed by atoms with Crippen LogP contribution in [-0.4, -0.2) is 12.1 Å². The quantitative estimate of drug-likeness (QED) is 0.870. The minimum atomic E-state index is 0.0428. The molecule has 2 aliphatic rings. The number of rotatable bonds is 2. The molecule has 0 aromatic heterocycles. The fraction of sp³-hybridized carbons (Fsp3) is 0.188. The van der Waals surface area contributed by atoms with E-state index in [2.05, 4.69) is 35.0 Å². The number of nitrogens with one attached hydrogen (secondary N) is 2. The summed E-state index contributed by atoms with van der Waals surface area (Å²) < 4.78 is 0. The zero-order valence-corrected chi connectivity index (χ0v) is 11.0. The molecule has 20 heavy (non-hydrogen) atoms. The van der Waals surface area contributed by atoms with Gasteiger partial charge in [0.2, 0.25) is 0 Å². The van der Waals surface area contributed by atoms with Crippen LogP contribution in [0, 0.1) is 0 Å². The molecular formula is C16H15N3O. The first-order chi connectivity index (χ1) is 9.83. The normalized spacial score (nSPS) is 20.1. The van der Waals surface area contributed by atoms with Crippen LogP contribution in [0.1, 0.15) is 21.5 Å². The lowest BCUT2D eigenvalue weighted by Crippen LogP contribution is -2.59. The molecule has 1 atom stereocenters. The summed E-state index contributed by atoms with van der Waals surface area (Å²) >= 11 is 0. The summed E-state index contributed by atoms with van der Waals surface area (Å²) in [5.74, 6) is 0.0428. The second-order valence-electron chi connectivity index (χ2n) is 5.19.